The van der Waals surface area contributed by atoms with Crippen LogP contribution in [0.3, 0.4) is 0 Å². The molecule has 0 saturated carbocycles. The van der Waals surface area contributed by atoms with E-state index in [1.165, 1.54) is 38.2 Å². The van der Waals surface area contributed by atoms with Gasteiger partial charge in [0.1, 0.15) is 12.2 Å². The standard InChI is InChI=1S/C31H48FN4O6PS2.C16H25NO2S2.C9H11FN2O4.2CH4O.CH4.S4.7U/c1-21(2)36(22(3)4)43(42-29-24(6)41-30(28(29)32)35-17-16-27(38)34-31(35)39)40-18-10-11-19-44-45-23(5)14-15-26(37)33-20-25-12-8-7-9-13-25;1-14(21-20-12-6-5-11-18)9-10-16(19)17-13-15-7-3-2-4-8-15;1-4-7(14)6(10)8(16-4)12-3-2-5(13)11-9(12)15;2*1-2;;1-3-4-2;;;;;;;/h7-9,12-13,16-17,21-24,28-30H,10-11,14-15,18-20H2,1-6H3,(H,33,37)(H,34,38,39);2-4,7-8,14,18H,5-6,9-13H2,1H3,(H,17,19);2-4,6-8,14H,1H3,(H,11,13,15);2*2H,1H3;1H4;;;;;;;;/t23?,24-,28+,29?,30-,43?;;4-,6+,7?,8-;;;;;;;;;;;/m1.1.........../s1/i6D;;1D;2*2T;;;;;;;;;. The molecule has 21 nitrogen and oxygen atoms in total. The quantitative estimate of drug-likeness (QED) is 0.0133. The molecule has 0 bridgehead atoms. The van der Waals surface area contributed by atoms with Gasteiger partial charge in [-0.05, 0) is 91.1 Å². The molecule has 6 rings (SSSR count). The number of ether oxygens (including phenoxy) is 2. The van der Waals surface area contributed by atoms with Crippen molar-refractivity contribution in [3.63, 3.8) is 0 Å². The van der Waals surface area contributed by atoms with Gasteiger partial charge in [0.2, 0.25) is 14.7 Å². The molecule has 4 heterocycles. The van der Waals surface area contributed by atoms with Crippen LogP contribution in [0.5, 0.6) is 0 Å². The van der Waals surface area contributed by atoms with Gasteiger partial charge in [0.05, 0.1) is 18.8 Å². The second-order valence-corrected chi connectivity index (χ2v) is 30.9. The number of H-pyrrole nitrogens is 2. The summed E-state index contributed by atoms with van der Waals surface area (Å²) in [6, 6.07) is 22.1. The Hall–Kier alpha value is 4.31. The van der Waals surface area contributed by atoms with Crippen LogP contribution in [-0.2, 0) is 81.3 Å². The molecule has 2 fully saturated rings. The van der Waals surface area contributed by atoms with E-state index in [1.807, 2.05) is 115 Å². The molecule has 2 aliphatic heterocycles. The Morgan fingerprint density at radius 3 is 1.45 bits per heavy atom. The first-order valence-corrected chi connectivity index (χ1v) is 38.6. The molecule has 2 amide bonds. The van der Waals surface area contributed by atoms with Crippen molar-refractivity contribution in [2.45, 2.75) is 199 Å². The summed E-state index contributed by atoms with van der Waals surface area (Å²) >= 11 is 8.66. The molecule has 8 N–H and O–H groups in total. The zero-order valence-corrected chi connectivity index (χ0v) is 92.0. The Morgan fingerprint density at radius 1 is 0.684 bits per heavy atom. The molecule has 2 saturated heterocycles. The number of aliphatic hydroxyl groups excluding tert-OH is 4. The number of carbonyl (C=O) groups excluding carboxylic acids is 2. The number of amides is 2. The molecule has 11 atom stereocenters. The Labute approximate surface area is 782 Å². The number of aliphatic hydroxyl groups is 4. The normalized spacial score (nSPS) is 18.9. The van der Waals surface area contributed by atoms with Gasteiger partial charge in [0, 0.05) is 366 Å². The minimum absolute atomic E-state index is 0. The third kappa shape index (κ3) is 50.3. The number of aromatic amines is 2. The number of nitrogens with one attached hydrogen (secondary N) is 4. The molecule has 5 unspecified atom stereocenters. The van der Waals surface area contributed by atoms with Gasteiger partial charge in [-0.25, -0.2) is 23.0 Å². The smallest absolute Gasteiger partial charge is 0.330 e. The summed E-state index contributed by atoms with van der Waals surface area (Å²) in [6.07, 6.45) is -1.96. The molecule has 2 aromatic heterocycles. The molecule has 0 spiro atoms. The predicted octanol–water partition coefficient (Wildman–Crippen LogP) is 8.81. The second kappa shape index (κ2) is 72.8. The summed E-state index contributed by atoms with van der Waals surface area (Å²) in [5.41, 5.74) is -0.577. The van der Waals surface area contributed by atoms with Crippen LogP contribution in [0.15, 0.2) is 104 Å². The van der Waals surface area contributed by atoms with Crippen LogP contribution in [0.2, 0.25) is 0 Å². The topological polar surface area (TPSA) is 289 Å². The van der Waals surface area contributed by atoms with Crippen LogP contribution >= 0.6 is 51.7 Å². The van der Waals surface area contributed by atoms with Crippen molar-refractivity contribution >= 4 is 104 Å². The van der Waals surface area contributed by atoms with Crippen LogP contribution in [0.4, 0.5) is 8.78 Å². The summed E-state index contributed by atoms with van der Waals surface area (Å²) in [5, 5.41) is 31.9. The van der Waals surface area contributed by atoms with Gasteiger partial charge in [-0.2, -0.15) is 0 Å². The fourth-order valence-electron chi connectivity index (χ4n) is 8.00. The van der Waals surface area contributed by atoms with Gasteiger partial charge in [0.15, 0.2) is 24.8 Å². The number of carbonyl (C=O) groups is 2. The Morgan fingerprint density at radius 2 is 1.08 bits per heavy atom. The Kier molecular flexibility index (Phi) is 80.7. The summed E-state index contributed by atoms with van der Waals surface area (Å²) in [4.78, 5) is 74.1. The van der Waals surface area contributed by atoms with E-state index >= 15 is 4.39 Å². The van der Waals surface area contributed by atoms with Crippen molar-refractivity contribution < 1.29 is 278 Å². The molecule has 39 heteroatoms. The molecule has 0 aliphatic carbocycles. The molecule has 2 aromatic carbocycles. The summed E-state index contributed by atoms with van der Waals surface area (Å²) in [5.74, 6) is 2.17. The van der Waals surface area contributed by atoms with Crippen LogP contribution in [0.25, 0.3) is 0 Å². The van der Waals surface area contributed by atoms with Gasteiger partial charge in [-0.15, -0.1) is 0 Å². The maximum absolute atomic E-state index is 15.8. The number of rotatable bonds is 31. The largest absolute Gasteiger partial charge is 0.400 e. The maximum Gasteiger partial charge on any atom is 0.330 e. The summed E-state index contributed by atoms with van der Waals surface area (Å²) in [6.45, 7) is 13.7. The number of halogens is 2. The van der Waals surface area contributed by atoms with E-state index in [4.69, 9.17) is 29.2 Å². The van der Waals surface area contributed by atoms with E-state index in [9.17, 15) is 38.3 Å². The van der Waals surface area contributed by atoms with Crippen LogP contribution < -0.4 is 33.1 Å². The predicted molar refractivity (Wildman–Crippen MR) is 380 cm³/mol. The molecule has 98 heavy (non-hydrogen) atoms. The number of aromatic nitrogens is 4. The van der Waals surface area contributed by atoms with Gasteiger partial charge in [-0.3, -0.25) is 38.3 Å². The monoisotopic (exact) mass is 3120 g/mol. The first kappa shape index (κ1) is 109. The van der Waals surface area contributed by atoms with E-state index < -0.39 is 80.2 Å². The second-order valence-electron chi connectivity index (χ2n) is 20.1. The van der Waals surface area contributed by atoms with Gasteiger partial charge in [0.25, 0.3) is 19.6 Å². The minimum Gasteiger partial charge on any atom is -0.400 e. The average Bonchev–Trinajstić information content (AvgIpc) is 1.65. The maximum atomic E-state index is 15.8. The summed E-state index contributed by atoms with van der Waals surface area (Å²) in [7, 11) is 10.5. The van der Waals surface area contributed by atoms with Crippen molar-refractivity contribution in [3.8, 4) is 0 Å². The van der Waals surface area contributed by atoms with Crippen molar-refractivity contribution in [2.75, 3.05) is 38.9 Å². The van der Waals surface area contributed by atoms with Gasteiger partial charge in [-0.1, -0.05) is 125 Å². The third-order valence-corrected chi connectivity index (χ3v) is 22.9. The summed E-state index contributed by atoms with van der Waals surface area (Å²) < 4.78 is 83.2. The van der Waals surface area contributed by atoms with Crippen molar-refractivity contribution in [1.82, 2.24) is 34.4 Å². The first-order valence-electron chi connectivity index (χ1n) is 31.0. The van der Waals surface area contributed by atoms with Crippen LogP contribution in [-0.4, -0.2) is 157 Å². The van der Waals surface area contributed by atoms with E-state index in [1.54, 1.807) is 21.6 Å². The Balaban J connectivity index is -0.000000219. The molecular weight excluding hydrogens is 3020 g/mol. The van der Waals surface area contributed by atoms with Crippen molar-refractivity contribution in [2.24, 2.45) is 0 Å². The molecule has 4 aromatic rings. The number of hydrogen-bond acceptors (Lipinski definition) is 21. The average molecular weight is 3130 g/mol. The molecule has 0 radical (unpaired) electrons. The van der Waals surface area contributed by atoms with Crippen LogP contribution in [0, 0.1) is 218 Å². The molecular formula is C59H96F2N7O14PS8U7. The van der Waals surface area contributed by atoms with Gasteiger partial charge < -0.3 is 49.6 Å². The Bertz CT molecular complexity index is 3020. The zero-order chi connectivity index (χ0) is 70.4. The third-order valence-electron chi connectivity index (χ3n) is 12.4. The fraction of sp³-hybridized carbons (Fsp3) is 0.627. The minimum atomic E-state index is -1.81. The zero-order valence-electron chi connectivity index (χ0n) is 59.4. The number of unbranched alkanes of at least 4 members (excludes halogenated alkanes) is 2. The van der Waals surface area contributed by atoms with E-state index in [-0.39, 0.29) is 270 Å². The van der Waals surface area contributed by atoms with Crippen molar-refractivity contribution in [3.05, 3.63) is 138 Å². The van der Waals surface area contributed by atoms with Crippen LogP contribution in [0.1, 0.15) is 140 Å². The number of benzene rings is 2. The van der Waals surface area contributed by atoms with E-state index in [2.05, 4.69) is 66.7 Å². The first-order chi connectivity index (χ1) is 45.0. The number of nitrogens with zero attached hydrogens (tertiary/aromatic N) is 3. The SMILES string of the molecule is C.CC(CCC(=O)NCc1ccccc1)SSCCCCO.S=S=S=S.[2H]C[C@H]1O[C@@H](n2ccc(=O)[nH]c2=O)[C@@H](F)C1O.[2H]C[C@H]1O[C@@H](n2ccc(=O)[nH]c2=O)[C@@H](F)C1OP(OCCCCSSC(C)CCC(=O)NCc1ccccc1)N(C(C)C)C(C)C.[3H]OC.[3H]OC.[U].[U].[U].[U].[U].[U].[U]. The van der Waals surface area contributed by atoms with E-state index in [0.29, 0.717) is 43.0 Å². The molecule has 2 aliphatic rings. The number of alkyl halides is 2. The van der Waals surface area contributed by atoms with Gasteiger partial charge >= 0.3 is 11.4 Å². The van der Waals surface area contributed by atoms with E-state index in [0.717, 1.165) is 88.6 Å². The number of hydrogen-bond donors (Lipinski definition) is 8. The van der Waals surface area contributed by atoms with Crippen molar-refractivity contribution in [1.29, 1.82) is 2.86 Å². The fourth-order valence-corrected chi connectivity index (χ4v) is 14.8. The molecule has 546 valence electrons.